The van der Waals surface area contributed by atoms with Crippen LogP contribution in [0.25, 0.3) is 10.8 Å². The summed E-state index contributed by atoms with van der Waals surface area (Å²) in [6.45, 7) is 0.296. The van der Waals surface area contributed by atoms with E-state index in [-0.39, 0.29) is 5.78 Å². The number of hydrogen-bond donors (Lipinski definition) is 0. The monoisotopic (exact) mass is 351 g/mol. The predicted octanol–water partition coefficient (Wildman–Crippen LogP) is 4.64. The van der Waals surface area contributed by atoms with Gasteiger partial charge in [0.25, 0.3) is 0 Å². The molecule has 0 aliphatic carbocycles. The third-order valence-corrected chi connectivity index (χ3v) is 4.32. The van der Waals surface area contributed by atoms with Crippen LogP contribution in [0.3, 0.4) is 0 Å². The smallest absolute Gasteiger partial charge is 0.213 e. The molecule has 1 aliphatic heterocycles. The Labute approximate surface area is 149 Å². The summed E-state index contributed by atoms with van der Waals surface area (Å²) in [6, 6.07) is 18.8. The van der Waals surface area contributed by atoms with Crippen LogP contribution in [0.4, 0.5) is 0 Å². The van der Waals surface area contributed by atoms with Gasteiger partial charge in [0.05, 0.1) is 11.8 Å². The topological polar surface area (TPSA) is 47.9 Å². The van der Waals surface area contributed by atoms with Gasteiger partial charge in [0.1, 0.15) is 12.4 Å². The molecule has 25 heavy (non-hydrogen) atoms. The van der Waals surface area contributed by atoms with Crippen molar-refractivity contribution in [1.29, 1.82) is 0 Å². The van der Waals surface area contributed by atoms with E-state index in [1.807, 2.05) is 48.5 Å². The third kappa shape index (κ3) is 3.08. The number of ether oxygens (including phenoxy) is 1. The van der Waals surface area contributed by atoms with E-state index in [9.17, 15) is 4.79 Å². The number of oxime groups is 1. The average molecular weight is 352 g/mol. The van der Waals surface area contributed by atoms with Crippen LogP contribution in [-0.2, 0) is 11.4 Å². The zero-order valence-electron chi connectivity index (χ0n) is 13.2. The minimum atomic E-state index is -0.758. The van der Waals surface area contributed by atoms with Crippen LogP contribution in [-0.4, -0.2) is 18.1 Å². The highest BCUT2D eigenvalue weighted by atomic mass is 35.5. The van der Waals surface area contributed by atoms with E-state index in [1.54, 1.807) is 12.1 Å². The molecule has 1 unspecified atom stereocenters. The largest absolute Gasteiger partial charge is 0.476 e. The number of carbonyl (C=O) groups excluding carboxylic acids is 1. The number of carbonyl (C=O) groups is 1. The first-order chi connectivity index (χ1) is 12.2. The minimum absolute atomic E-state index is 0.106. The lowest BCUT2D eigenvalue weighted by atomic mass is 10.0. The number of Topliss-reactive ketones (excluding diaryl/α,β-unsaturated/α-hetero) is 1. The number of ketones is 1. The second-order valence-electron chi connectivity index (χ2n) is 5.72. The van der Waals surface area contributed by atoms with Crippen molar-refractivity contribution in [1.82, 2.24) is 0 Å². The van der Waals surface area contributed by atoms with E-state index >= 15 is 0 Å². The zero-order valence-corrected chi connectivity index (χ0v) is 13.9. The second kappa shape index (κ2) is 6.57. The highest BCUT2D eigenvalue weighted by molar-refractivity contribution is 6.30. The minimum Gasteiger partial charge on any atom is -0.476 e. The molecule has 0 aromatic heterocycles. The molecular weight excluding hydrogens is 338 g/mol. The van der Waals surface area contributed by atoms with Crippen LogP contribution in [0.5, 0.6) is 5.75 Å². The Kier molecular flexibility index (Phi) is 4.12. The van der Waals surface area contributed by atoms with Crippen molar-refractivity contribution in [2.24, 2.45) is 5.16 Å². The van der Waals surface area contributed by atoms with Gasteiger partial charge in [-0.25, -0.2) is 0 Å². The Balaban J connectivity index is 1.46. The Bertz CT molecular complexity index is 966. The third-order valence-electron chi connectivity index (χ3n) is 4.06. The Morgan fingerprint density at radius 2 is 1.88 bits per heavy atom. The Morgan fingerprint density at radius 3 is 2.72 bits per heavy atom. The molecule has 0 saturated heterocycles. The molecule has 0 spiro atoms. The fourth-order valence-corrected chi connectivity index (χ4v) is 2.95. The number of nitrogens with zero attached hydrogens (tertiary/aromatic N) is 1. The van der Waals surface area contributed by atoms with Crippen LogP contribution in [0.2, 0.25) is 5.02 Å². The second-order valence-corrected chi connectivity index (χ2v) is 6.15. The molecule has 124 valence electrons. The number of rotatable bonds is 4. The number of benzene rings is 3. The van der Waals surface area contributed by atoms with Crippen molar-refractivity contribution in [3.05, 3.63) is 76.8 Å². The Morgan fingerprint density at radius 1 is 1.08 bits per heavy atom. The maximum absolute atomic E-state index is 12.6. The molecule has 0 saturated carbocycles. The maximum atomic E-state index is 12.6. The first kappa shape index (κ1) is 15.7. The number of fused-ring (bicyclic) bond motifs is 3. The predicted molar refractivity (Wildman–Crippen MR) is 97.4 cm³/mol. The summed E-state index contributed by atoms with van der Waals surface area (Å²) in [5.74, 6) is 0.475. The lowest BCUT2D eigenvalue weighted by Crippen LogP contribution is -2.22. The van der Waals surface area contributed by atoms with Gasteiger partial charge in [-0.1, -0.05) is 59.2 Å². The van der Waals surface area contributed by atoms with Crippen LogP contribution in [0, 0.1) is 0 Å². The number of halogens is 1. The van der Waals surface area contributed by atoms with Crippen LogP contribution < -0.4 is 4.74 Å². The molecule has 4 nitrogen and oxygen atoms in total. The van der Waals surface area contributed by atoms with Crippen LogP contribution in [0.1, 0.15) is 15.9 Å². The highest BCUT2D eigenvalue weighted by Crippen LogP contribution is 2.34. The van der Waals surface area contributed by atoms with Crippen molar-refractivity contribution in [2.75, 3.05) is 0 Å². The fourth-order valence-electron chi connectivity index (χ4n) is 2.83. The van der Waals surface area contributed by atoms with E-state index in [0.29, 0.717) is 22.9 Å². The van der Waals surface area contributed by atoms with Crippen molar-refractivity contribution < 1.29 is 14.4 Å². The highest BCUT2D eigenvalue weighted by Gasteiger charge is 2.32. The summed E-state index contributed by atoms with van der Waals surface area (Å²) >= 11 is 5.84. The normalized spacial score (nSPS) is 16.2. The van der Waals surface area contributed by atoms with Gasteiger partial charge < -0.3 is 9.57 Å². The van der Waals surface area contributed by atoms with Crippen LogP contribution in [0.15, 0.2) is 65.8 Å². The molecule has 0 radical (unpaired) electrons. The van der Waals surface area contributed by atoms with E-state index in [2.05, 4.69) is 5.16 Å². The van der Waals surface area contributed by atoms with Gasteiger partial charge in [-0.3, -0.25) is 4.79 Å². The van der Waals surface area contributed by atoms with Gasteiger partial charge in [0.15, 0.2) is 6.10 Å². The number of hydrogen-bond acceptors (Lipinski definition) is 4. The molecule has 0 N–H and O–H groups in total. The van der Waals surface area contributed by atoms with Gasteiger partial charge in [-0.15, -0.1) is 0 Å². The van der Waals surface area contributed by atoms with E-state index < -0.39 is 6.10 Å². The zero-order chi connectivity index (χ0) is 17.2. The lowest BCUT2D eigenvalue weighted by molar-refractivity contribution is 0.0912. The lowest BCUT2D eigenvalue weighted by Gasteiger charge is -2.03. The van der Waals surface area contributed by atoms with Crippen molar-refractivity contribution in [2.45, 2.75) is 12.7 Å². The first-order valence-corrected chi connectivity index (χ1v) is 8.23. The average Bonchev–Trinajstić information content (AvgIpc) is 2.97. The molecule has 1 heterocycles. The molecule has 0 fully saturated rings. The van der Waals surface area contributed by atoms with Crippen molar-refractivity contribution in [3.8, 4) is 5.75 Å². The Hall–Kier alpha value is -2.85. The summed E-state index contributed by atoms with van der Waals surface area (Å²) in [7, 11) is 0. The van der Waals surface area contributed by atoms with Gasteiger partial charge in [-0.2, -0.15) is 0 Å². The molecule has 4 rings (SSSR count). The summed E-state index contributed by atoms with van der Waals surface area (Å²) in [4.78, 5) is 17.9. The quantitative estimate of drug-likeness (QED) is 0.508. The molecule has 0 amide bonds. The van der Waals surface area contributed by atoms with E-state index in [1.165, 1.54) is 6.21 Å². The molecule has 3 aromatic carbocycles. The first-order valence-electron chi connectivity index (χ1n) is 7.85. The molecule has 3 aromatic rings. The van der Waals surface area contributed by atoms with Crippen molar-refractivity contribution >= 4 is 34.4 Å². The SMILES string of the molecule is O=C1c2c(ccc3ccccc23)OC1/C=N\OCc1ccc(Cl)cc1. The summed E-state index contributed by atoms with van der Waals surface area (Å²) < 4.78 is 5.70. The van der Waals surface area contributed by atoms with Crippen LogP contribution >= 0.6 is 11.6 Å². The molecule has 1 aliphatic rings. The van der Waals surface area contributed by atoms with E-state index in [0.717, 1.165) is 16.3 Å². The van der Waals surface area contributed by atoms with Gasteiger partial charge >= 0.3 is 0 Å². The van der Waals surface area contributed by atoms with Gasteiger partial charge in [0, 0.05) is 5.02 Å². The van der Waals surface area contributed by atoms with Gasteiger partial charge in [-0.05, 0) is 34.5 Å². The fraction of sp³-hybridized carbons (Fsp3) is 0.100. The molecule has 1 atom stereocenters. The summed E-state index contributed by atoms with van der Waals surface area (Å²) in [6.07, 6.45) is 0.638. The summed E-state index contributed by atoms with van der Waals surface area (Å²) in [5.41, 5.74) is 1.54. The summed E-state index contributed by atoms with van der Waals surface area (Å²) in [5, 5.41) is 6.45. The molecule has 0 bridgehead atoms. The van der Waals surface area contributed by atoms with Crippen molar-refractivity contribution in [3.63, 3.8) is 0 Å². The maximum Gasteiger partial charge on any atom is 0.213 e. The molecule has 5 heteroatoms. The molecular formula is C20H14ClNO3. The van der Waals surface area contributed by atoms with Gasteiger partial charge in [0.2, 0.25) is 5.78 Å². The van der Waals surface area contributed by atoms with E-state index in [4.69, 9.17) is 21.2 Å². The standard InChI is InChI=1S/C20H14ClNO3/c21-15-8-5-13(6-9-15)12-24-22-11-18-20(23)19-16-4-2-1-3-14(16)7-10-17(19)25-18/h1-11,18H,12H2/b22-11-.